The Morgan fingerprint density at radius 1 is 1.12 bits per heavy atom. The quantitative estimate of drug-likeness (QED) is 0.843. The van der Waals surface area contributed by atoms with Crippen molar-refractivity contribution in [1.29, 1.82) is 0 Å². The highest BCUT2D eigenvalue weighted by Crippen LogP contribution is 2.24. The molecule has 0 aliphatic carbocycles. The van der Waals surface area contributed by atoms with Gasteiger partial charge in [0.1, 0.15) is 5.60 Å². The van der Waals surface area contributed by atoms with Gasteiger partial charge in [-0.2, -0.15) is 4.31 Å². The normalized spacial score (nSPS) is 14.2. The second-order valence-electron chi connectivity index (χ2n) is 8.61. The fraction of sp³-hybridized carbons (Fsp3) is 0.632. The molecule has 0 radical (unpaired) electrons. The van der Waals surface area contributed by atoms with Gasteiger partial charge in [0.2, 0.25) is 10.0 Å². The van der Waals surface area contributed by atoms with Crippen LogP contribution in [0.5, 0.6) is 0 Å². The Morgan fingerprint density at radius 2 is 1.62 bits per heavy atom. The molecule has 6 nitrogen and oxygen atoms in total. The zero-order valence-corrected chi connectivity index (χ0v) is 17.9. The SMILES string of the molecule is C[C@@H](CN(C)S(=O)(=O)c1ccc(C(C)(C)C)cc1)NC(=O)OC(C)(C)C. The molecular weight excluding hydrogens is 352 g/mol. The Hall–Kier alpha value is -1.60. The molecule has 0 fully saturated rings. The van der Waals surface area contributed by atoms with Crippen LogP contribution in [0.2, 0.25) is 0 Å². The minimum absolute atomic E-state index is 0.0416. The van der Waals surface area contributed by atoms with E-state index in [0.29, 0.717) is 0 Å². The summed E-state index contributed by atoms with van der Waals surface area (Å²) in [6.45, 7) is 13.4. The summed E-state index contributed by atoms with van der Waals surface area (Å²) < 4.78 is 31.9. The molecular formula is C19H32N2O4S. The number of nitrogens with one attached hydrogen (secondary N) is 1. The van der Waals surface area contributed by atoms with Crippen LogP contribution in [0, 0.1) is 0 Å². The van der Waals surface area contributed by atoms with E-state index < -0.39 is 27.8 Å². The second kappa shape index (κ2) is 7.96. The van der Waals surface area contributed by atoms with Crippen LogP contribution >= 0.6 is 0 Å². The summed E-state index contributed by atoms with van der Waals surface area (Å²) in [5.41, 5.74) is 0.426. The highest BCUT2D eigenvalue weighted by molar-refractivity contribution is 7.89. The number of nitrogens with zero attached hydrogens (tertiary/aromatic N) is 1. The van der Waals surface area contributed by atoms with Gasteiger partial charge in [0.05, 0.1) is 4.90 Å². The summed E-state index contributed by atoms with van der Waals surface area (Å²) in [5, 5.41) is 2.65. The van der Waals surface area contributed by atoms with Crippen molar-refractivity contribution in [3.8, 4) is 0 Å². The average Bonchev–Trinajstić information content (AvgIpc) is 2.43. The van der Waals surface area contributed by atoms with Crippen LogP contribution in [0.3, 0.4) is 0 Å². The third-order valence-electron chi connectivity index (χ3n) is 3.72. The third kappa shape index (κ3) is 6.61. The van der Waals surface area contributed by atoms with Gasteiger partial charge < -0.3 is 10.1 Å². The lowest BCUT2D eigenvalue weighted by molar-refractivity contribution is 0.0504. The number of hydrogen-bond acceptors (Lipinski definition) is 4. The number of carbonyl (C=O) groups excluding carboxylic acids is 1. The first kappa shape index (κ1) is 22.4. The number of rotatable bonds is 5. The van der Waals surface area contributed by atoms with E-state index >= 15 is 0 Å². The number of sulfonamides is 1. The molecule has 7 heteroatoms. The van der Waals surface area contributed by atoms with E-state index in [9.17, 15) is 13.2 Å². The second-order valence-corrected chi connectivity index (χ2v) is 10.7. The Morgan fingerprint density at radius 3 is 2.04 bits per heavy atom. The zero-order valence-electron chi connectivity index (χ0n) is 17.1. The smallest absolute Gasteiger partial charge is 0.407 e. The van der Waals surface area contributed by atoms with Crippen molar-refractivity contribution in [3.63, 3.8) is 0 Å². The van der Waals surface area contributed by atoms with Crippen LogP contribution in [-0.2, 0) is 20.2 Å². The van der Waals surface area contributed by atoms with Crippen molar-refractivity contribution >= 4 is 16.1 Å². The maximum Gasteiger partial charge on any atom is 0.407 e. The van der Waals surface area contributed by atoms with E-state index in [1.54, 1.807) is 39.8 Å². The van der Waals surface area contributed by atoms with Crippen molar-refractivity contribution in [1.82, 2.24) is 9.62 Å². The molecule has 148 valence electrons. The molecule has 0 aliphatic rings. The number of carbonyl (C=O) groups is 1. The lowest BCUT2D eigenvalue weighted by Gasteiger charge is -2.25. The number of hydrogen-bond donors (Lipinski definition) is 1. The van der Waals surface area contributed by atoms with Crippen LogP contribution in [0.1, 0.15) is 54.0 Å². The number of alkyl carbamates (subject to hydrolysis) is 1. The van der Waals surface area contributed by atoms with E-state index in [1.165, 1.54) is 11.4 Å². The minimum atomic E-state index is -3.63. The van der Waals surface area contributed by atoms with E-state index in [1.807, 2.05) is 12.1 Å². The standard InChI is InChI=1S/C19H32N2O4S/c1-14(20-17(22)25-19(5,6)7)13-21(8)26(23,24)16-11-9-15(10-12-16)18(2,3)4/h9-12,14H,13H2,1-8H3,(H,20,22)/t14-/m0/s1. The monoisotopic (exact) mass is 384 g/mol. The number of likely N-dealkylation sites (N-methyl/N-ethyl adjacent to an activating group) is 1. The average molecular weight is 385 g/mol. The van der Waals surface area contributed by atoms with Crippen molar-refractivity contribution < 1.29 is 17.9 Å². The van der Waals surface area contributed by atoms with Gasteiger partial charge in [0, 0.05) is 19.6 Å². The molecule has 0 aromatic heterocycles. The molecule has 0 bridgehead atoms. The van der Waals surface area contributed by atoms with Gasteiger partial charge in [-0.25, -0.2) is 13.2 Å². The van der Waals surface area contributed by atoms with E-state index in [2.05, 4.69) is 26.1 Å². The highest BCUT2D eigenvalue weighted by atomic mass is 32.2. The molecule has 1 aromatic rings. The molecule has 1 atom stereocenters. The largest absolute Gasteiger partial charge is 0.444 e. The maximum absolute atomic E-state index is 12.7. The Balaban J connectivity index is 2.79. The zero-order chi connectivity index (χ0) is 20.3. The predicted molar refractivity (Wildman–Crippen MR) is 104 cm³/mol. The van der Waals surface area contributed by atoms with Gasteiger partial charge in [-0.15, -0.1) is 0 Å². The summed E-state index contributed by atoms with van der Waals surface area (Å²) in [5.74, 6) is 0. The van der Waals surface area contributed by atoms with Gasteiger partial charge in [-0.3, -0.25) is 0 Å². The topological polar surface area (TPSA) is 75.7 Å². The molecule has 0 heterocycles. The first-order chi connectivity index (χ1) is 11.6. The number of benzene rings is 1. The number of amides is 1. The van der Waals surface area contributed by atoms with Crippen molar-refractivity contribution in [3.05, 3.63) is 29.8 Å². The molecule has 0 aliphatic heterocycles. The van der Waals surface area contributed by atoms with Gasteiger partial charge in [0.15, 0.2) is 0 Å². The maximum atomic E-state index is 12.7. The molecule has 0 saturated carbocycles. The van der Waals surface area contributed by atoms with Crippen LogP contribution < -0.4 is 5.32 Å². The van der Waals surface area contributed by atoms with Gasteiger partial charge in [-0.1, -0.05) is 32.9 Å². The van der Waals surface area contributed by atoms with Crippen molar-refractivity contribution in [2.45, 2.75) is 70.4 Å². The first-order valence-corrected chi connectivity index (χ1v) is 10.1. The van der Waals surface area contributed by atoms with E-state index in [0.717, 1.165) is 5.56 Å². The lowest BCUT2D eigenvalue weighted by Crippen LogP contribution is -2.44. The third-order valence-corrected chi connectivity index (χ3v) is 5.56. The Kier molecular flexibility index (Phi) is 6.87. The molecule has 0 spiro atoms. The lowest BCUT2D eigenvalue weighted by atomic mass is 9.87. The van der Waals surface area contributed by atoms with Crippen molar-refractivity contribution in [2.24, 2.45) is 0 Å². The summed E-state index contributed by atoms with van der Waals surface area (Å²) >= 11 is 0. The van der Waals surface area contributed by atoms with Crippen LogP contribution in [0.4, 0.5) is 4.79 Å². The first-order valence-electron chi connectivity index (χ1n) is 8.69. The van der Waals surface area contributed by atoms with E-state index in [4.69, 9.17) is 4.74 Å². The molecule has 1 N–H and O–H groups in total. The molecule has 1 amide bonds. The fourth-order valence-electron chi connectivity index (χ4n) is 2.35. The van der Waals surface area contributed by atoms with Crippen LogP contribution in [-0.4, -0.2) is 44.1 Å². The van der Waals surface area contributed by atoms with Gasteiger partial charge in [0.25, 0.3) is 0 Å². The van der Waals surface area contributed by atoms with Crippen LogP contribution in [0.25, 0.3) is 0 Å². The minimum Gasteiger partial charge on any atom is -0.444 e. The summed E-state index contributed by atoms with van der Waals surface area (Å²) in [6, 6.07) is 6.53. The Bertz CT molecular complexity index is 713. The summed E-state index contributed by atoms with van der Waals surface area (Å²) in [6.07, 6.45) is -0.565. The van der Waals surface area contributed by atoms with Gasteiger partial charge in [-0.05, 0) is 50.8 Å². The summed E-state index contributed by atoms with van der Waals surface area (Å²) in [7, 11) is -2.13. The fourth-order valence-corrected chi connectivity index (χ4v) is 3.60. The van der Waals surface area contributed by atoms with E-state index in [-0.39, 0.29) is 16.9 Å². The molecule has 1 aromatic carbocycles. The van der Waals surface area contributed by atoms with Crippen LogP contribution in [0.15, 0.2) is 29.2 Å². The number of ether oxygens (including phenoxy) is 1. The molecule has 1 rings (SSSR count). The predicted octanol–water partition coefficient (Wildman–Crippen LogP) is 3.52. The molecule has 0 saturated heterocycles. The highest BCUT2D eigenvalue weighted by Gasteiger charge is 2.25. The Labute approximate surface area is 158 Å². The molecule has 0 unspecified atom stereocenters. The summed E-state index contributed by atoms with van der Waals surface area (Å²) in [4.78, 5) is 12.0. The van der Waals surface area contributed by atoms with Gasteiger partial charge >= 0.3 is 6.09 Å². The van der Waals surface area contributed by atoms with Crippen molar-refractivity contribution in [2.75, 3.05) is 13.6 Å². The molecule has 26 heavy (non-hydrogen) atoms.